The molecule has 1 saturated heterocycles. The van der Waals surface area contributed by atoms with E-state index in [1.54, 1.807) is 30.3 Å². The zero-order valence-corrected chi connectivity index (χ0v) is 9.59. The number of anilines is 1. The predicted molar refractivity (Wildman–Crippen MR) is 62.4 cm³/mol. The molecule has 1 aromatic heterocycles. The van der Waals surface area contributed by atoms with Crippen LogP contribution in [-0.4, -0.2) is 48.8 Å². The van der Waals surface area contributed by atoms with Gasteiger partial charge >= 0.3 is 5.97 Å². The molecule has 0 bridgehead atoms. The molecule has 0 amide bonds. The van der Waals surface area contributed by atoms with Gasteiger partial charge in [-0.05, 0) is 12.1 Å². The molecule has 92 valence electrons. The number of hydrogen-bond acceptors (Lipinski definition) is 5. The third kappa shape index (κ3) is 2.31. The monoisotopic (exact) mass is 237 g/mol. The fourth-order valence-electron chi connectivity index (χ4n) is 1.94. The van der Waals surface area contributed by atoms with Crippen LogP contribution in [0.5, 0.6) is 5.75 Å². The Kier molecular flexibility index (Phi) is 3.43. The second-order valence-corrected chi connectivity index (χ2v) is 3.78. The number of aromatic nitrogens is 1. The van der Waals surface area contributed by atoms with E-state index in [-0.39, 0.29) is 0 Å². The van der Waals surface area contributed by atoms with Crippen LogP contribution < -0.4 is 15.0 Å². The van der Waals surface area contributed by atoms with Crippen LogP contribution >= 0.6 is 0 Å². The van der Waals surface area contributed by atoms with Gasteiger partial charge in [-0.3, -0.25) is 0 Å². The lowest BCUT2D eigenvalue weighted by Crippen LogP contribution is -2.55. The highest BCUT2D eigenvalue weighted by atomic mass is 16.5. The van der Waals surface area contributed by atoms with Crippen LogP contribution in [0.25, 0.3) is 0 Å². The summed E-state index contributed by atoms with van der Waals surface area (Å²) in [5, 5.41) is 12.2. The smallest absolute Gasteiger partial charge is 0.327 e. The highest BCUT2D eigenvalue weighted by Gasteiger charge is 2.30. The Balaban J connectivity index is 2.32. The normalized spacial score (nSPS) is 20.1. The van der Waals surface area contributed by atoms with E-state index >= 15 is 0 Å². The molecule has 1 aliphatic rings. The van der Waals surface area contributed by atoms with Gasteiger partial charge in [-0.2, -0.15) is 0 Å². The molecule has 2 N–H and O–H groups in total. The number of pyridine rings is 1. The molecule has 0 aromatic carbocycles. The van der Waals surface area contributed by atoms with Gasteiger partial charge in [0, 0.05) is 25.8 Å². The summed E-state index contributed by atoms with van der Waals surface area (Å²) < 4.78 is 5.21. The summed E-state index contributed by atoms with van der Waals surface area (Å²) in [6.07, 6.45) is 1.64. The number of aliphatic carboxylic acids is 1. The SMILES string of the molecule is COc1cccnc1N1CCNCC1C(=O)O. The molecule has 1 unspecified atom stereocenters. The molecular weight excluding hydrogens is 222 g/mol. The largest absolute Gasteiger partial charge is 0.493 e. The van der Waals surface area contributed by atoms with E-state index in [1.165, 1.54) is 0 Å². The molecule has 2 heterocycles. The van der Waals surface area contributed by atoms with Crippen LogP contribution in [0, 0.1) is 0 Å². The number of ether oxygens (including phenoxy) is 1. The van der Waals surface area contributed by atoms with Gasteiger partial charge in [0.2, 0.25) is 0 Å². The average molecular weight is 237 g/mol. The van der Waals surface area contributed by atoms with Crippen molar-refractivity contribution in [2.24, 2.45) is 0 Å². The van der Waals surface area contributed by atoms with E-state index in [9.17, 15) is 9.90 Å². The molecule has 0 radical (unpaired) electrons. The summed E-state index contributed by atoms with van der Waals surface area (Å²) in [4.78, 5) is 17.2. The van der Waals surface area contributed by atoms with Gasteiger partial charge in [0.15, 0.2) is 11.6 Å². The van der Waals surface area contributed by atoms with Crippen molar-refractivity contribution in [3.8, 4) is 5.75 Å². The average Bonchev–Trinajstić information content (AvgIpc) is 2.38. The minimum absolute atomic E-state index is 0.412. The van der Waals surface area contributed by atoms with E-state index in [1.807, 2.05) is 0 Å². The number of piperazine rings is 1. The summed E-state index contributed by atoms with van der Waals surface area (Å²) in [5.41, 5.74) is 0. The number of carboxylic acid groups (broad SMARTS) is 1. The van der Waals surface area contributed by atoms with Crippen molar-refractivity contribution in [3.63, 3.8) is 0 Å². The van der Waals surface area contributed by atoms with Crippen molar-refractivity contribution in [1.82, 2.24) is 10.3 Å². The second-order valence-electron chi connectivity index (χ2n) is 3.78. The third-order valence-corrected chi connectivity index (χ3v) is 2.77. The molecule has 0 spiro atoms. The van der Waals surface area contributed by atoms with Gasteiger partial charge in [-0.25, -0.2) is 9.78 Å². The van der Waals surface area contributed by atoms with E-state index in [0.29, 0.717) is 24.7 Å². The van der Waals surface area contributed by atoms with Crippen LogP contribution in [0.3, 0.4) is 0 Å². The van der Waals surface area contributed by atoms with E-state index in [0.717, 1.165) is 6.54 Å². The number of methoxy groups -OCH3 is 1. The molecule has 1 atom stereocenters. The first-order valence-electron chi connectivity index (χ1n) is 5.43. The van der Waals surface area contributed by atoms with Gasteiger partial charge in [-0.15, -0.1) is 0 Å². The van der Waals surface area contributed by atoms with Crippen molar-refractivity contribution >= 4 is 11.8 Å². The van der Waals surface area contributed by atoms with E-state index in [4.69, 9.17) is 4.74 Å². The molecule has 17 heavy (non-hydrogen) atoms. The fraction of sp³-hybridized carbons (Fsp3) is 0.455. The topological polar surface area (TPSA) is 74.7 Å². The summed E-state index contributed by atoms with van der Waals surface area (Å²) in [6, 6.07) is 2.94. The maximum Gasteiger partial charge on any atom is 0.327 e. The number of rotatable bonds is 3. The highest BCUT2D eigenvalue weighted by molar-refractivity contribution is 5.79. The number of carboxylic acids is 1. The zero-order valence-electron chi connectivity index (χ0n) is 9.59. The van der Waals surface area contributed by atoms with Crippen LogP contribution in [0.1, 0.15) is 0 Å². The van der Waals surface area contributed by atoms with Crippen LogP contribution in [-0.2, 0) is 4.79 Å². The van der Waals surface area contributed by atoms with Gasteiger partial charge in [0.05, 0.1) is 7.11 Å². The van der Waals surface area contributed by atoms with Crippen molar-refractivity contribution in [2.75, 3.05) is 31.6 Å². The summed E-state index contributed by atoms with van der Waals surface area (Å²) >= 11 is 0. The minimum Gasteiger partial charge on any atom is -0.493 e. The molecular formula is C11H15N3O3. The first kappa shape index (κ1) is 11.7. The number of nitrogens with one attached hydrogen (secondary N) is 1. The minimum atomic E-state index is -0.857. The number of nitrogens with zero attached hydrogens (tertiary/aromatic N) is 2. The quantitative estimate of drug-likeness (QED) is 0.768. The Hall–Kier alpha value is -1.82. The standard InChI is InChI=1S/C11H15N3O3/c1-17-9-3-2-4-13-10(9)14-6-5-12-7-8(14)11(15)16/h2-4,8,12H,5-7H2,1H3,(H,15,16). The summed E-state index contributed by atoms with van der Waals surface area (Å²) in [5.74, 6) is 0.328. The Morgan fingerprint density at radius 3 is 3.24 bits per heavy atom. The molecule has 1 fully saturated rings. The molecule has 1 aromatic rings. The first-order valence-corrected chi connectivity index (χ1v) is 5.43. The molecule has 6 heteroatoms. The second kappa shape index (κ2) is 5.01. The molecule has 2 rings (SSSR count). The Morgan fingerprint density at radius 1 is 1.71 bits per heavy atom. The Morgan fingerprint density at radius 2 is 2.53 bits per heavy atom. The summed E-state index contributed by atoms with van der Waals surface area (Å²) in [6.45, 7) is 1.75. The van der Waals surface area contributed by atoms with Crippen LogP contribution in [0.4, 0.5) is 5.82 Å². The molecule has 0 saturated carbocycles. The number of hydrogen-bond donors (Lipinski definition) is 2. The maximum absolute atomic E-state index is 11.2. The number of carbonyl (C=O) groups is 1. The van der Waals surface area contributed by atoms with E-state index < -0.39 is 12.0 Å². The van der Waals surface area contributed by atoms with Gasteiger partial charge in [-0.1, -0.05) is 0 Å². The Labute approximate surface area is 99.2 Å². The lowest BCUT2D eigenvalue weighted by molar-refractivity contribution is -0.138. The van der Waals surface area contributed by atoms with Crippen LogP contribution in [0.15, 0.2) is 18.3 Å². The van der Waals surface area contributed by atoms with Gasteiger partial charge in [0.25, 0.3) is 0 Å². The van der Waals surface area contributed by atoms with Crippen molar-refractivity contribution < 1.29 is 14.6 Å². The summed E-state index contributed by atoms with van der Waals surface area (Å²) in [7, 11) is 1.55. The molecule has 6 nitrogen and oxygen atoms in total. The molecule has 0 aliphatic carbocycles. The zero-order chi connectivity index (χ0) is 12.3. The molecule has 1 aliphatic heterocycles. The van der Waals surface area contributed by atoms with Gasteiger partial charge in [0.1, 0.15) is 6.04 Å². The van der Waals surface area contributed by atoms with E-state index in [2.05, 4.69) is 10.3 Å². The van der Waals surface area contributed by atoms with Crippen molar-refractivity contribution in [2.45, 2.75) is 6.04 Å². The van der Waals surface area contributed by atoms with Crippen molar-refractivity contribution in [1.29, 1.82) is 0 Å². The maximum atomic E-state index is 11.2. The Bertz CT molecular complexity index is 411. The first-order chi connectivity index (χ1) is 8.24. The third-order valence-electron chi connectivity index (χ3n) is 2.77. The van der Waals surface area contributed by atoms with Crippen molar-refractivity contribution in [3.05, 3.63) is 18.3 Å². The lowest BCUT2D eigenvalue weighted by atomic mass is 10.2. The van der Waals surface area contributed by atoms with Crippen LogP contribution in [0.2, 0.25) is 0 Å². The predicted octanol–water partition coefficient (Wildman–Crippen LogP) is -0.0470. The fourth-order valence-corrected chi connectivity index (χ4v) is 1.94. The lowest BCUT2D eigenvalue weighted by Gasteiger charge is -2.34. The highest BCUT2D eigenvalue weighted by Crippen LogP contribution is 2.26. The van der Waals surface area contributed by atoms with Gasteiger partial charge < -0.3 is 20.1 Å².